The molecule has 0 N–H and O–H groups in total. The Morgan fingerprint density at radius 2 is 1.45 bits per heavy atom. The maximum Gasteiger partial charge on any atom is 0.336 e. The number of carbonyl (C=O) groups excluding carboxylic acids is 1. The van der Waals surface area contributed by atoms with Crippen LogP contribution >= 0.6 is 0 Å². The fourth-order valence-electron chi connectivity index (χ4n) is 1.47. The highest BCUT2D eigenvalue weighted by Gasteiger charge is 2.10. The van der Waals surface area contributed by atoms with Crippen LogP contribution in [0.2, 0.25) is 0 Å². The third-order valence-corrected chi connectivity index (χ3v) is 3.84. The number of esters is 1. The van der Waals surface area contributed by atoms with Crippen molar-refractivity contribution in [1.29, 1.82) is 0 Å². The van der Waals surface area contributed by atoms with Crippen molar-refractivity contribution in [2.75, 3.05) is 0 Å². The second-order valence-electron chi connectivity index (χ2n) is 3.89. The Labute approximate surface area is 117 Å². The van der Waals surface area contributed by atoms with E-state index in [-0.39, 0.29) is 4.90 Å². The highest BCUT2D eigenvalue weighted by Crippen LogP contribution is 2.12. The summed E-state index contributed by atoms with van der Waals surface area (Å²) in [5.41, 5.74) is 0. The van der Waals surface area contributed by atoms with Gasteiger partial charge in [-0.15, -0.1) is 0 Å². The first-order chi connectivity index (χ1) is 9.58. The van der Waals surface area contributed by atoms with Crippen molar-refractivity contribution in [2.45, 2.75) is 4.90 Å². The first kappa shape index (κ1) is 14.0. The second-order valence-corrected chi connectivity index (χ2v) is 5.73. The lowest BCUT2D eigenvalue weighted by atomic mass is 10.3. The van der Waals surface area contributed by atoms with Gasteiger partial charge in [-0.3, -0.25) is 0 Å². The fourth-order valence-corrected chi connectivity index (χ4v) is 2.46. The molecule has 0 spiro atoms. The highest BCUT2D eigenvalue weighted by atomic mass is 32.2. The van der Waals surface area contributed by atoms with E-state index in [2.05, 4.69) is 0 Å². The molecule has 20 heavy (non-hydrogen) atoms. The largest absolute Gasteiger partial charge is 0.423 e. The zero-order valence-electron chi connectivity index (χ0n) is 10.5. The van der Waals surface area contributed by atoms with Crippen LogP contribution in [0.25, 0.3) is 0 Å². The summed E-state index contributed by atoms with van der Waals surface area (Å²) in [6.07, 6.45) is 0.898. The maximum absolute atomic E-state index is 11.9. The smallest absolute Gasteiger partial charge is 0.336 e. The molecule has 0 aromatic heterocycles. The normalized spacial score (nSPS) is 11.4. The predicted octanol–water partition coefficient (Wildman–Crippen LogP) is 2.58. The molecule has 0 aliphatic rings. The summed E-state index contributed by atoms with van der Waals surface area (Å²) >= 11 is 0. The van der Waals surface area contributed by atoms with Gasteiger partial charge in [0.05, 0.1) is 4.90 Å². The van der Waals surface area contributed by atoms with Crippen LogP contribution < -0.4 is 4.74 Å². The van der Waals surface area contributed by atoms with E-state index in [0.717, 1.165) is 11.5 Å². The van der Waals surface area contributed by atoms with Crippen molar-refractivity contribution < 1.29 is 17.9 Å². The van der Waals surface area contributed by atoms with E-state index in [1.165, 1.54) is 12.1 Å². The van der Waals surface area contributed by atoms with Gasteiger partial charge < -0.3 is 4.74 Å². The van der Waals surface area contributed by atoms with Crippen molar-refractivity contribution in [2.24, 2.45) is 0 Å². The van der Waals surface area contributed by atoms with Gasteiger partial charge in [-0.2, -0.15) is 0 Å². The molecular formula is C15H12O4S. The average molecular weight is 288 g/mol. The molecule has 0 saturated carbocycles. The topological polar surface area (TPSA) is 60.4 Å². The molecule has 0 amide bonds. The van der Waals surface area contributed by atoms with Crippen LogP contribution in [-0.4, -0.2) is 14.4 Å². The molecule has 2 aromatic carbocycles. The number of sulfone groups is 1. The Bertz CT molecular complexity index is 704. The van der Waals surface area contributed by atoms with Crippen LogP contribution in [0, 0.1) is 0 Å². The summed E-state index contributed by atoms with van der Waals surface area (Å²) in [4.78, 5) is 11.6. The van der Waals surface area contributed by atoms with Crippen LogP contribution in [-0.2, 0) is 14.6 Å². The van der Waals surface area contributed by atoms with E-state index < -0.39 is 15.8 Å². The minimum Gasteiger partial charge on any atom is -0.423 e. The van der Waals surface area contributed by atoms with Crippen molar-refractivity contribution in [3.05, 3.63) is 72.1 Å². The summed E-state index contributed by atoms with van der Waals surface area (Å²) < 4.78 is 28.7. The van der Waals surface area contributed by atoms with E-state index in [1.54, 1.807) is 48.5 Å². The Hall–Kier alpha value is -2.40. The van der Waals surface area contributed by atoms with Crippen molar-refractivity contribution >= 4 is 15.8 Å². The third kappa shape index (κ3) is 3.80. The monoisotopic (exact) mass is 288 g/mol. The highest BCUT2D eigenvalue weighted by molar-refractivity contribution is 7.94. The predicted molar refractivity (Wildman–Crippen MR) is 74.8 cm³/mol. The number of hydrogen-bond acceptors (Lipinski definition) is 4. The number of benzene rings is 2. The summed E-state index contributed by atoms with van der Waals surface area (Å²) in [6, 6.07) is 16.3. The quantitative estimate of drug-likeness (QED) is 0.493. The number of hydrogen-bond donors (Lipinski definition) is 0. The molecule has 0 fully saturated rings. The van der Waals surface area contributed by atoms with Gasteiger partial charge in [0, 0.05) is 11.5 Å². The Morgan fingerprint density at radius 3 is 2.05 bits per heavy atom. The molecule has 2 rings (SSSR count). The minimum absolute atomic E-state index is 0.128. The average Bonchev–Trinajstić information content (AvgIpc) is 2.47. The zero-order valence-corrected chi connectivity index (χ0v) is 11.3. The third-order valence-electron chi connectivity index (χ3n) is 2.42. The summed E-state index contributed by atoms with van der Waals surface area (Å²) in [5, 5.41) is 0.841. The second kappa shape index (κ2) is 6.16. The van der Waals surface area contributed by atoms with Crippen LogP contribution in [0.3, 0.4) is 0 Å². The van der Waals surface area contributed by atoms with E-state index in [9.17, 15) is 13.2 Å². The van der Waals surface area contributed by atoms with Gasteiger partial charge in [-0.25, -0.2) is 13.2 Å². The molecule has 0 radical (unpaired) electrons. The molecule has 4 nitrogen and oxygen atoms in total. The molecule has 5 heteroatoms. The molecule has 0 atom stereocenters. The van der Waals surface area contributed by atoms with Gasteiger partial charge in [0.25, 0.3) is 0 Å². The van der Waals surface area contributed by atoms with Gasteiger partial charge in [-0.05, 0) is 24.3 Å². The van der Waals surface area contributed by atoms with Crippen LogP contribution in [0.4, 0.5) is 0 Å². The van der Waals surface area contributed by atoms with Crippen molar-refractivity contribution in [3.8, 4) is 5.75 Å². The molecule has 0 aliphatic heterocycles. The molecule has 0 unspecified atom stereocenters. The van der Waals surface area contributed by atoms with Gasteiger partial charge in [0.2, 0.25) is 0 Å². The van der Waals surface area contributed by atoms with E-state index in [0.29, 0.717) is 5.75 Å². The minimum atomic E-state index is -3.63. The van der Waals surface area contributed by atoms with Gasteiger partial charge >= 0.3 is 5.97 Å². The lowest BCUT2D eigenvalue weighted by Crippen LogP contribution is -2.05. The number of rotatable bonds is 4. The number of ether oxygens (including phenoxy) is 1. The zero-order chi connectivity index (χ0) is 14.4. The molecule has 0 heterocycles. The molecule has 2 aromatic rings. The van der Waals surface area contributed by atoms with Gasteiger partial charge in [0.1, 0.15) is 5.75 Å². The Kier molecular flexibility index (Phi) is 4.32. The van der Waals surface area contributed by atoms with Crippen LogP contribution in [0.5, 0.6) is 5.75 Å². The van der Waals surface area contributed by atoms with Gasteiger partial charge in [-0.1, -0.05) is 36.4 Å². The molecular weight excluding hydrogens is 276 g/mol. The molecule has 0 bridgehead atoms. The van der Waals surface area contributed by atoms with Crippen molar-refractivity contribution in [3.63, 3.8) is 0 Å². The standard InChI is InChI=1S/C15H12O4S/c16-15(19-13-7-3-1-4-8-13)11-12-20(17,18)14-9-5-2-6-10-14/h1-12H. The molecule has 0 aliphatic carbocycles. The van der Waals surface area contributed by atoms with Crippen LogP contribution in [0.15, 0.2) is 77.0 Å². The lowest BCUT2D eigenvalue weighted by Gasteiger charge is -2.00. The SMILES string of the molecule is O=C(C=CS(=O)(=O)c1ccccc1)Oc1ccccc1. The first-order valence-corrected chi connectivity index (χ1v) is 7.38. The Balaban J connectivity index is 2.08. The van der Waals surface area contributed by atoms with Crippen molar-refractivity contribution in [1.82, 2.24) is 0 Å². The van der Waals surface area contributed by atoms with Gasteiger partial charge in [0.15, 0.2) is 9.84 Å². The lowest BCUT2D eigenvalue weighted by molar-refractivity contribution is -0.128. The summed E-state index contributed by atoms with van der Waals surface area (Å²) in [5.74, 6) is -0.380. The van der Waals surface area contributed by atoms with E-state index >= 15 is 0 Å². The summed E-state index contributed by atoms with van der Waals surface area (Å²) in [6.45, 7) is 0. The van der Waals surface area contributed by atoms with E-state index in [1.807, 2.05) is 0 Å². The maximum atomic E-state index is 11.9. The summed E-state index contributed by atoms with van der Waals surface area (Å²) in [7, 11) is -3.63. The van der Waals surface area contributed by atoms with Crippen LogP contribution in [0.1, 0.15) is 0 Å². The Morgan fingerprint density at radius 1 is 0.900 bits per heavy atom. The molecule has 102 valence electrons. The molecule has 0 saturated heterocycles. The first-order valence-electron chi connectivity index (χ1n) is 5.83. The number of para-hydroxylation sites is 1. The number of carbonyl (C=O) groups is 1. The van der Waals surface area contributed by atoms with E-state index in [4.69, 9.17) is 4.74 Å². The fraction of sp³-hybridized carbons (Fsp3) is 0.